The Bertz CT molecular complexity index is 1740. The molecule has 0 unspecified atom stereocenters. The SMILES string of the molecule is Cc1noc(C)c1S(=O)(=O)Nc1ccc2c(c1)C(=O)N([C@@H](C)CO)C[C@H](C)[C@H](CN(C)S(=O)(=O)c1ccccc1)OCCCC[C@@H](C)O2. The summed E-state index contributed by atoms with van der Waals surface area (Å²) in [5.41, 5.74) is 0.423. The van der Waals surface area contributed by atoms with Gasteiger partial charge in [0.2, 0.25) is 10.0 Å². The first-order valence-corrected chi connectivity index (χ1v) is 18.9. The van der Waals surface area contributed by atoms with Gasteiger partial charge in [0.25, 0.3) is 15.9 Å². The van der Waals surface area contributed by atoms with Crippen LogP contribution in [0.4, 0.5) is 5.69 Å². The van der Waals surface area contributed by atoms with Gasteiger partial charge in [-0.1, -0.05) is 30.3 Å². The second kappa shape index (κ2) is 15.8. The number of aryl methyl sites for hydroxylation is 2. The van der Waals surface area contributed by atoms with E-state index < -0.39 is 38.1 Å². The molecule has 48 heavy (non-hydrogen) atoms. The molecule has 0 spiro atoms. The fraction of sp³-hybridized carbons (Fsp3) is 0.515. The van der Waals surface area contributed by atoms with Crippen molar-refractivity contribution in [1.29, 1.82) is 0 Å². The average Bonchev–Trinajstić information content (AvgIpc) is 3.40. The highest BCUT2D eigenvalue weighted by atomic mass is 32.2. The van der Waals surface area contributed by atoms with E-state index in [1.807, 2.05) is 13.8 Å². The summed E-state index contributed by atoms with van der Waals surface area (Å²) in [5.74, 6) is -0.467. The Balaban J connectivity index is 1.69. The van der Waals surface area contributed by atoms with Crippen molar-refractivity contribution in [2.75, 3.05) is 38.1 Å². The molecule has 0 fully saturated rings. The second-order valence-corrected chi connectivity index (χ2v) is 16.0. The number of anilines is 1. The first-order valence-electron chi connectivity index (χ1n) is 16.0. The predicted octanol–water partition coefficient (Wildman–Crippen LogP) is 4.21. The van der Waals surface area contributed by atoms with Gasteiger partial charge in [-0.15, -0.1) is 0 Å². The summed E-state index contributed by atoms with van der Waals surface area (Å²) < 4.78 is 74.7. The number of carbonyl (C=O) groups excluding carboxylic acids is 1. The second-order valence-electron chi connectivity index (χ2n) is 12.4. The summed E-state index contributed by atoms with van der Waals surface area (Å²) in [4.78, 5) is 15.9. The van der Waals surface area contributed by atoms with Gasteiger partial charge in [0.05, 0.1) is 35.3 Å². The third kappa shape index (κ3) is 8.74. The Morgan fingerprint density at radius 3 is 2.44 bits per heavy atom. The molecule has 2 N–H and O–H groups in total. The van der Waals surface area contributed by atoms with E-state index in [9.17, 15) is 26.7 Å². The number of sulfonamides is 2. The number of fused-ring (bicyclic) bond motifs is 1. The lowest BCUT2D eigenvalue weighted by Gasteiger charge is -2.35. The Morgan fingerprint density at radius 1 is 1.08 bits per heavy atom. The van der Waals surface area contributed by atoms with Gasteiger partial charge in [0.1, 0.15) is 11.4 Å². The Kier molecular flexibility index (Phi) is 12.3. The molecule has 4 rings (SSSR count). The average molecular weight is 707 g/mol. The molecular formula is C33H46N4O9S2. The number of carbonyl (C=O) groups is 1. The van der Waals surface area contributed by atoms with Gasteiger partial charge in [0, 0.05) is 38.3 Å². The molecule has 1 aromatic heterocycles. The zero-order valence-corrected chi connectivity index (χ0v) is 29.9. The van der Waals surface area contributed by atoms with Crippen LogP contribution in [0, 0.1) is 19.8 Å². The van der Waals surface area contributed by atoms with Gasteiger partial charge in [0.15, 0.2) is 10.7 Å². The summed E-state index contributed by atoms with van der Waals surface area (Å²) in [6, 6.07) is 12.0. The lowest BCUT2D eigenvalue weighted by molar-refractivity contribution is -0.00833. The van der Waals surface area contributed by atoms with Crippen molar-refractivity contribution in [3.63, 3.8) is 0 Å². The van der Waals surface area contributed by atoms with Crippen molar-refractivity contribution in [2.45, 2.75) is 81.9 Å². The van der Waals surface area contributed by atoms with Gasteiger partial charge < -0.3 is 24.0 Å². The number of nitrogens with zero attached hydrogens (tertiary/aromatic N) is 3. The zero-order valence-electron chi connectivity index (χ0n) is 28.2. The molecule has 1 amide bonds. The van der Waals surface area contributed by atoms with E-state index in [4.69, 9.17) is 14.0 Å². The number of aliphatic hydroxyl groups is 1. The number of hydrogen-bond acceptors (Lipinski definition) is 10. The first kappa shape index (κ1) is 37.3. The molecule has 0 aliphatic carbocycles. The molecule has 2 aromatic carbocycles. The monoisotopic (exact) mass is 706 g/mol. The van der Waals surface area contributed by atoms with E-state index in [0.29, 0.717) is 19.4 Å². The van der Waals surface area contributed by atoms with Crippen molar-refractivity contribution >= 4 is 31.6 Å². The maximum Gasteiger partial charge on any atom is 0.267 e. The first-order chi connectivity index (χ1) is 22.6. The molecule has 264 valence electrons. The number of nitrogens with one attached hydrogen (secondary N) is 1. The molecule has 13 nitrogen and oxygen atoms in total. The van der Waals surface area contributed by atoms with Gasteiger partial charge in [-0.05, 0) is 77.3 Å². The van der Waals surface area contributed by atoms with E-state index in [1.54, 1.807) is 31.2 Å². The summed E-state index contributed by atoms with van der Waals surface area (Å²) in [7, 11) is -6.41. The molecular weight excluding hydrogens is 661 g/mol. The van der Waals surface area contributed by atoms with Gasteiger partial charge >= 0.3 is 0 Å². The van der Waals surface area contributed by atoms with Crippen molar-refractivity contribution in [3.05, 3.63) is 65.5 Å². The van der Waals surface area contributed by atoms with E-state index in [1.165, 1.54) is 54.4 Å². The quantitative estimate of drug-likeness (QED) is 0.329. The number of rotatable bonds is 9. The van der Waals surface area contributed by atoms with Crippen LogP contribution in [0.5, 0.6) is 5.75 Å². The van der Waals surface area contributed by atoms with Crippen LogP contribution >= 0.6 is 0 Å². The number of aromatic nitrogens is 1. The smallest absolute Gasteiger partial charge is 0.267 e. The van der Waals surface area contributed by atoms with Crippen molar-refractivity contribution in [1.82, 2.24) is 14.4 Å². The van der Waals surface area contributed by atoms with E-state index in [-0.39, 0.29) is 70.0 Å². The highest BCUT2D eigenvalue weighted by Gasteiger charge is 2.33. The summed E-state index contributed by atoms with van der Waals surface area (Å²) >= 11 is 0. The standard InChI is InChI=1S/C33H46N4O9S2/c1-22-19-37(23(2)21-38)33(39)29-18-27(35-47(40,41)32-25(4)34-46-26(32)5)15-16-30(29)45-24(3)12-10-11-17-44-31(22)20-36(6)48(42,43)28-13-8-7-9-14-28/h7-9,13-16,18,22-24,31,35,38H,10-12,17,19-21H2,1-6H3/t22-,23-,24+,31-/m0/s1. The summed E-state index contributed by atoms with van der Waals surface area (Å²) in [6.45, 7) is 8.66. The van der Waals surface area contributed by atoms with Gasteiger partial charge in [-0.2, -0.15) is 4.31 Å². The van der Waals surface area contributed by atoms with E-state index >= 15 is 0 Å². The van der Waals surface area contributed by atoms with Crippen molar-refractivity contribution < 1.29 is 40.7 Å². The van der Waals surface area contributed by atoms with Gasteiger partial charge in [-0.3, -0.25) is 9.52 Å². The molecule has 1 aliphatic heterocycles. The minimum atomic E-state index is -4.11. The fourth-order valence-electron chi connectivity index (χ4n) is 5.64. The van der Waals surface area contributed by atoms with E-state index in [0.717, 1.165) is 6.42 Å². The summed E-state index contributed by atoms with van der Waals surface area (Å²) in [5, 5.41) is 14.0. The number of hydrogen-bond donors (Lipinski definition) is 2. The Hall–Kier alpha value is -3.50. The van der Waals surface area contributed by atoms with Crippen LogP contribution in [0.1, 0.15) is 61.8 Å². The molecule has 1 aliphatic rings. The molecule has 4 atom stereocenters. The molecule has 0 radical (unpaired) electrons. The molecule has 0 saturated carbocycles. The van der Waals surface area contributed by atoms with Crippen LogP contribution in [0.25, 0.3) is 0 Å². The topological polar surface area (TPSA) is 169 Å². The highest BCUT2D eigenvalue weighted by Crippen LogP contribution is 2.30. The predicted molar refractivity (Wildman–Crippen MR) is 180 cm³/mol. The Morgan fingerprint density at radius 2 is 1.79 bits per heavy atom. The van der Waals surface area contributed by atoms with Crippen LogP contribution in [0.3, 0.4) is 0 Å². The van der Waals surface area contributed by atoms with Crippen molar-refractivity contribution in [3.8, 4) is 5.75 Å². The minimum absolute atomic E-state index is 0.0393. The molecule has 0 bridgehead atoms. The van der Waals surface area contributed by atoms with Crippen LogP contribution in [-0.4, -0.2) is 93.8 Å². The number of amides is 1. The van der Waals surface area contributed by atoms with Crippen LogP contribution in [0.2, 0.25) is 0 Å². The maximum absolute atomic E-state index is 14.4. The number of benzene rings is 2. The number of ether oxygens (including phenoxy) is 2. The van der Waals surface area contributed by atoms with Crippen LogP contribution in [0.15, 0.2) is 62.8 Å². The minimum Gasteiger partial charge on any atom is -0.490 e. The third-order valence-electron chi connectivity index (χ3n) is 8.43. The summed E-state index contributed by atoms with van der Waals surface area (Å²) in [6.07, 6.45) is 1.24. The maximum atomic E-state index is 14.4. The highest BCUT2D eigenvalue weighted by molar-refractivity contribution is 7.92. The lowest BCUT2D eigenvalue weighted by Crippen LogP contribution is -2.48. The third-order valence-corrected chi connectivity index (χ3v) is 11.9. The van der Waals surface area contributed by atoms with Crippen LogP contribution in [-0.2, 0) is 24.8 Å². The largest absolute Gasteiger partial charge is 0.490 e. The fourth-order valence-corrected chi connectivity index (χ4v) is 8.22. The molecule has 2 heterocycles. The van der Waals surface area contributed by atoms with Crippen LogP contribution < -0.4 is 9.46 Å². The van der Waals surface area contributed by atoms with E-state index in [2.05, 4.69) is 9.88 Å². The van der Waals surface area contributed by atoms with Crippen molar-refractivity contribution in [2.24, 2.45) is 5.92 Å². The molecule has 15 heteroatoms. The lowest BCUT2D eigenvalue weighted by atomic mass is 10.0. The normalized spacial score (nSPS) is 20.9. The van der Waals surface area contributed by atoms with Gasteiger partial charge in [-0.25, -0.2) is 16.8 Å². The zero-order chi connectivity index (χ0) is 35.2. The molecule has 0 saturated heterocycles. The number of aliphatic hydroxyl groups excluding tert-OH is 1. The number of likely N-dealkylation sites (N-methyl/N-ethyl adjacent to an activating group) is 1. The Labute approximate surface area is 283 Å². The molecule has 3 aromatic rings.